The van der Waals surface area contributed by atoms with Crippen molar-refractivity contribution in [1.82, 2.24) is 5.32 Å². The van der Waals surface area contributed by atoms with Crippen molar-refractivity contribution in [2.75, 3.05) is 0 Å². The molecule has 0 bridgehead atoms. The van der Waals surface area contributed by atoms with Crippen LogP contribution in [0.25, 0.3) is 0 Å². The minimum atomic E-state index is -1.51. The van der Waals surface area contributed by atoms with Crippen LogP contribution in [0.4, 0.5) is 13.2 Å². The number of rotatable bonds is 9. The molecule has 39 heavy (non-hydrogen) atoms. The van der Waals surface area contributed by atoms with E-state index < -0.39 is 53.1 Å². The second kappa shape index (κ2) is 11.1. The molecule has 0 spiro atoms. The summed E-state index contributed by atoms with van der Waals surface area (Å²) in [6.45, 7) is 3.14. The summed E-state index contributed by atoms with van der Waals surface area (Å²) >= 11 is 0. The van der Waals surface area contributed by atoms with E-state index in [2.05, 4.69) is 5.32 Å². The van der Waals surface area contributed by atoms with Crippen LogP contribution in [-0.4, -0.2) is 35.6 Å². The largest absolute Gasteiger partial charge is 0.467 e. The first-order valence-corrected chi connectivity index (χ1v) is 12.7. The lowest BCUT2D eigenvalue weighted by atomic mass is 9.78. The molecule has 1 saturated heterocycles. The van der Waals surface area contributed by atoms with E-state index in [-0.39, 0.29) is 43.7 Å². The Hall–Kier alpha value is -3.18. The first-order chi connectivity index (χ1) is 18.7. The second-order valence-electron chi connectivity index (χ2n) is 10.2. The van der Waals surface area contributed by atoms with Crippen molar-refractivity contribution in [2.45, 2.75) is 76.1 Å². The molecule has 5 rings (SSSR count). The van der Waals surface area contributed by atoms with Gasteiger partial charge in [-0.05, 0) is 38.1 Å². The summed E-state index contributed by atoms with van der Waals surface area (Å²) in [6.07, 6.45) is -0.399. The van der Waals surface area contributed by atoms with Crippen LogP contribution in [-0.2, 0) is 43.5 Å². The number of furan rings is 1. The number of hydrogen-bond donors (Lipinski definition) is 1. The van der Waals surface area contributed by atoms with Gasteiger partial charge in [0.2, 0.25) is 0 Å². The van der Waals surface area contributed by atoms with Crippen LogP contribution in [0.2, 0.25) is 0 Å². The maximum Gasteiger partial charge on any atom is 0.252 e. The molecule has 1 saturated carbocycles. The summed E-state index contributed by atoms with van der Waals surface area (Å²) in [4.78, 5) is 13.8. The Bertz CT molecular complexity index is 1300. The van der Waals surface area contributed by atoms with Gasteiger partial charge in [-0.1, -0.05) is 30.3 Å². The van der Waals surface area contributed by atoms with Gasteiger partial charge in [0.1, 0.15) is 17.7 Å². The van der Waals surface area contributed by atoms with E-state index in [1.54, 1.807) is 44.2 Å². The summed E-state index contributed by atoms with van der Waals surface area (Å²) in [5.74, 6) is -3.36. The smallest absolute Gasteiger partial charge is 0.252 e. The van der Waals surface area contributed by atoms with Gasteiger partial charge in [-0.2, -0.15) is 0 Å². The molecule has 2 fully saturated rings. The minimum absolute atomic E-state index is 0.00296. The van der Waals surface area contributed by atoms with Crippen LogP contribution < -0.4 is 5.32 Å². The number of nitrogens with one attached hydrogen (secondary N) is 1. The van der Waals surface area contributed by atoms with Crippen LogP contribution in [0.5, 0.6) is 0 Å². The number of halogens is 3. The zero-order valence-corrected chi connectivity index (χ0v) is 21.6. The number of carbonyl (C=O) groups is 1. The van der Waals surface area contributed by atoms with E-state index >= 15 is 0 Å². The predicted octanol–water partition coefficient (Wildman–Crippen LogP) is 5.17. The molecule has 208 valence electrons. The summed E-state index contributed by atoms with van der Waals surface area (Å²) in [5, 5.41) is 2.85. The van der Waals surface area contributed by atoms with Gasteiger partial charge in [0.15, 0.2) is 23.0 Å². The molecule has 1 aromatic heterocycles. The number of carbonyl (C=O) groups excluding carboxylic acids is 1. The Morgan fingerprint density at radius 3 is 2.49 bits per heavy atom. The van der Waals surface area contributed by atoms with E-state index in [0.717, 1.165) is 6.07 Å². The van der Waals surface area contributed by atoms with Crippen molar-refractivity contribution in [2.24, 2.45) is 0 Å². The van der Waals surface area contributed by atoms with Gasteiger partial charge >= 0.3 is 0 Å². The molecule has 1 unspecified atom stereocenters. The lowest BCUT2D eigenvalue weighted by molar-refractivity contribution is -0.184. The molecule has 7 nitrogen and oxygen atoms in total. The molecular weight excluding hydrogens is 515 g/mol. The molecule has 2 aliphatic rings. The average Bonchev–Trinajstić information content (AvgIpc) is 3.53. The van der Waals surface area contributed by atoms with E-state index in [4.69, 9.17) is 23.4 Å². The monoisotopic (exact) mass is 545 g/mol. The van der Waals surface area contributed by atoms with Crippen molar-refractivity contribution in [3.8, 4) is 0 Å². The van der Waals surface area contributed by atoms with Crippen molar-refractivity contribution in [1.29, 1.82) is 0 Å². The molecule has 1 aliphatic heterocycles. The number of hydrogen-bond acceptors (Lipinski definition) is 6. The minimum Gasteiger partial charge on any atom is -0.467 e. The third kappa shape index (κ3) is 6.04. The van der Waals surface area contributed by atoms with E-state index in [0.29, 0.717) is 5.76 Å². The van der Waals surface area contributed by atoms with Crippen LogP contribution >= 0.6 is 0 Å². The Kier molecular flexibility index (Phi) is 7.82. The summed E-state index contributed by atoms with van der Waals surface area (Å²) in [7, 11) is 0. The Morgan fingerprint density at radius 1 is 0.949 bits per heavy atom. The van der Waals surface area contributed by atoms with E-state index in [1.165, 1.54) is 24.5 Å². The topological polar surface area (TPSA) is 79.2 Å². The zero-order valence-electron chi connectivity index (χ0n) is 21.6. The Morgan fingerprint density at radius 2 is 1.72 bits per heavy atom. The number of benzene rings is 2. The maximum absolute atomic E-state index is 14.4. The van der Waals surface area contributed by atoms with E-state index in [1.807, 2.05) is 0 Å². The molecule has 3 aromatic rings. The first kappa shape index (κ1) is 27.4. The van der Waals surface area contributed by atoms with Crippen LogP contribution in [0.1, 0.15) is 43.6 Å². The van der Waals surface area contributed by atoms with Gasteiger partial charge < -0.3 is 28.7 Å². The summed E-state index contributed by atoms with van der Waals surface area (Å²) < 4.78 is 72.5. The van der Waals surface area contributed by atoms with E-state index in [9.17, 15) is 18.0 Å². The summed E-state index contributed by atoms with van der Waals surface area (Å²) in [5.41, 5.74) is -1.21. The Labute approximate surface area is 224 Å². The third-order valence-electron chi connectivity index (χ3n) is 7.01. The predicted molar refractivity (Wildman–Crippen MR) is 132 cm³/mol. The molecular formula is C29H30F3NO6. The number of amides is 1. The number of fused-ring (bicyclic) bond motifs is 1. The molecule has 2 aromatic carbocycles. The first-order valence-electron chi connectivity index (χ1n) is 12.7. The fourth-order valence-corrected chi connectivity index (χ4v) is 5.14. The molecule has 1 amide bonds. The van der Waals surface area contributed by atoms with Crippen LogP contribution in [0, 0.1) is 17.5 Å². The summed E-state index contributed by atoms with van der Waals surface area (Å²) in [6, 6.07) is 13.4. The van der Waals surface area contributed by atoms with Crippen molar-refractivity contribution < 1.29 is 41.3 Å². The normalized spacial score (nSPS) is 25.8. The van der Waals surface area contributed by atoms with Gasteiger partial charge in [-0.3, -0.25) is 4.79 Å². The zero-order chi connectivity index (χ0) is 27.6. The lowest BCUT2D eigenvalue weighted by Crippen LogP contribution is -2.59. The quantitative estimate of drug-likeness (QED) is 0.400. The van der Waals surface area contributed by atoms with Crippen LogP contribution in [0.3, 0.4) is 0 Å². The highest BCUT2D eigenvalue weighted by molar-refractivity contribution is 5.85. The number of ether oxygens (including phenoxy) is 4. The molecule has 1 aliphatic carbocycles. The highest BCUT2D eigenvalue weighted by atomic mass is 19.2. The fraction of sp³-hybridized carbons (Fsp3) is 0.414. The lowest BCUT2D eigenvalue weighted by Gasteiger charge is -2.43. The molecule has 0 radical (unpaired) electrons. The fourth-order valence-electron chi connectivity index (χ4n) is 5.14. The maximum atomic E-state index is 14.4. The Balaban J connectivity index is 1.43. The van der Waals surface area contributed by atoms with Crippen molar-refractivity contribution >= 4 is 5.91 Å². The van der Waals surface area contributed by atoms with Gasteiger partial charge in [0.25, 0.3) is 5.91 Å². The molecule has 10 heteroatoms. The SMILES string of the molecule is CC1(C)O[C@@H]2C[C@@](OCc3ccccc3F)(C(=O)NCc3ccco3)CC(OCc3cccc(F)c3F)[C@@H]2O1. The molecule has 1 N–H and O–H groups in total. The standard InChI is InChI=1S/C29H30F3NO6/c1-28(2)38-24-14-29(27(34)33-15-20-9-6-12-35-20,37-17-18-7-3-4-10-21(18)30)13-23(26(24)39-28)36-16-19-8-5-11-22(31)25(19)32/h3-12,23-24,26H,13-17H2,1-2H3,(H,33,34)/t23?,24-,26+,29-/m1/s1. The second-order valence-corrected chi connectivity index (χ2v) is 10.2. The highest BCUT2D eigenvalue weighted by Gasteiger charge is 2.58. The van der Waals surface area contributed by atoms with Gasteiger partial charge in [0, 0.05) is 24.0 Å². The van der Waals surface area contributed by atoms with Gasteiger partial charge in [0.05, 0.1) is 38.2 Å². The molecule has 4 atom stereocenters. The molecule has 2 heterocycles. The third-order valence-corrected chi connectivity index (χ3v) is 7.01. The van der Waals surface area contributed by atoms with Crippen LogP contribution in [0.15, 0.2) is 65.3 Å². The average molecular weight is 546 g/mol. The van der Waals surface area contributed by atoms with Gasteiger partial charge in [-0.25, -0.2) is 13.2 Å². The van der Waals surface area contributed by atoms with Crippen molar-refractivity contribution in [3.05, 3.63) is 95.2 Å². The van der Waals surface area contributed by atoms with Crippen molar-refractivity contribution in [3.63, 3.8) is 0 Å². The van der Waals surface area contributed by atoms with Gasteiger partial charge in [-0.15, -0.1) is 0 Å². The highest BCUT2D eigenvalue weighted by Crippen LogP contribution is 2.44.